The Morgan fingerprint density at radius 2 is 1.23 bits per heavy atom. The monoisotopic (exact) mass is 292 g/mol. The van der Waals surface area contributed by atoms with Crippen LogP contribution in [-0.2, 0) is 0 Å². The van der Waals surface area contributed by atoms with Gasteiger partial charge >= 0.3 is 0 Å². The van der Waals surface area contributed by atoms with Crippen molar-refractivity contribution in [1.82, 2.24) is 0 Å². The minimum Gasteiger partial charge on any atom is -0.496 e. The highest BCUT2D eigenvalue weighted by atomic mass is 16.5. The van der Waals surface area contributed by atoms with Crippen LogP contribution in [0.25, 0.3) is 0 Å². The first-order chi connectivity index (χ1) is 10.7. The molecule has 2 heteroatoms. The van der Waals surface area contributed by atoms with Gasteiger partial charge in [0, 0.05) is 23.0 Å². The Kier molecular flexibility index (Phi) is 2.83. The summed E-state index contributed by atoms with van der Waals surface area (Å²) in [6, 6.07) is 12.8. The Balaban J connectivity index is 2.10. The highest BCUT2D eigenvalue weighted by molar-refractivity contribution is 5.74. The second-order valence-electron chi connectivity index (χ2n) is 6.25. The Bertz CT molecular complexity index is 737. The van der Waals surface area contributed by atoms with Crippen LogP contribution in [0.4, 0.5) is 0 Å². The van der Waals surface area contributed by atoms with Crippen LogP contribution in [0.2, 0.25) is 0 Å². The lowest BCUT2D eigenvalue weighted by Gasteiger charge is -2.22. The third-order valence-corrected chi connectivity index (χ3v) is 5.04. The molecule has 0 heterocycles. The fourth-order valence-corrected chi connectivity index (χ4v) is 4.29. The molecule has 0 saturated heterocycles. The molecule has 22 heavy (non-hydrogen) atoms. The second kappa shape index (κ2) is 4.64. The van der Waals surface area contributed by atoms with Gasteiger partial charge in [-0.15, -0.1) is 0 Å². The summed E-state index contributed by atoms with van der Waals surface area (Å²) in [5, 5.41) is 0. The number of rotatable bonds is 2. The van der Waals surface area contributed by atoms with Crippen molar-refractivity contribution in [3.63, 3.8) is 0 Å². The van der Waals surface area contributed by atoms with Crippen LogP contribution in [-0.4, -0.2) is 14.2 Å². The molecular formula is C20H20O2. The summed E-state index contributed by atoms with van der Waals surface area (Å²) in [4.78, 5) is 0. The van der Waals surface area contributed by atoms with Crippen molar-refractivity contribution in [2.45, 2.75) is 25.7 Å². The fraction of sp³-hybridized carbons (Fsp3) is 0.300. The molecule has 0 N–H and O–H groups in total. The van der Waals surface area contributed by atoms with Gasteiger partial charge in [0.05, 0.1) is 14.2 Å². The summed E-state index contributed by atoms with van der Waals surface area (Å²) in [5.74, 6) is 2.56. The summed E-state index contributed by atoms with van der Waals surface area (Å²) in [7, 11) is 3.50. The zero-order valence-electron chi connectivity index (χ0n) is 13.4. The van der Waals surface area contributed by atoms with Gasteiger partial charge < -0.3 is 9.47 Å². The molecule has 2 aliphatic carbocycles. The lowest BCUT2D eigenvalue weighted by atomic mass is 9.85. The van der Waals surface area contributed by atoms with Crippen molar-refractivity contribution in [3.8, 4) is 11.5 Å². The van der Waals surface area contributed by atoms with Crippen molar-refractivity contribution in [3.05, 3.63) is 69.8 Å². The second-order valence-corrected chi connectivity index (χ2v) is 6.25. The first kappa shape index (κ1) is 13.4. The van der Waals surface area contributed by atoms with E-state index < -0.39 is 0 Å². The zero-order valence-corrected chi connectivity index (χ0v) is 13.4. The van der Waals surface area contributed by atoms with Gasteiger partial charge in [0.15, 0.2) is 0 Å². The van der Waals surface area contributed by atoms with E-state index in [4.69, 9.17) is 9.47 Å². The highest BCUT2D eigenvalue weighted by Crippen LogP contribution is 2.64. The molecule has 0 aromatic heterocycles. The van der Waals surface area contributed by atoms with E-state index in [1.807, 2.05) is 12.1 Å². The van der Waals surface area contributed by atoms with E-state index in [1.54, 1.807) is 14.2 Å². The largest absolute Gasteiger partial charge is 0.496 e. The summed E-state index contributed by atoms with van der Waals surface area (Å²) in [5.41, 5.74) is 8.32. The van der Waals surface area contributed by atoms with E-state index >= 15 is 0 Å². The zero-order chi connectivity index (χ0) is 15.4. The predicted octanol–water partition coefficient (Wildman–Crippen LogP) is 4.63. The number of hydrogen-bond acceptors (Lipinski definition) is 2. The molecule has 2 nitrogen and oxygen atoms in total. The normalized spacial score (nSPS) is 20.6. The summed E-state index contributed by atoms with van der Waals surface area (Å²) < 4.78 is 11.3. The van der Waals surface area contributed by atoms with Gasteiger partial charge in [-0.3, -0.25) is 0 Å². The highest BCUT2D eigenvalue weighted by Gasteiger charge is 2.49. The van der Waals surface area contributed by atoms with E-state index in [-0.39, 0.29) is 0 Å². The van der Waals surface area contributed by atoms with E-state index in [0.29, 0.717) is 11.8 Å². The maximum absolute atomic E-state index is 5.67. The third-order valence-electron chi connectivity index (χ3n) is 5.04. The molecule has 2 aromatic rings. The van der Waals surface area contributed by atoms with Gasteiger partial charge in [-0.05, 0) is 42.7 Å². The molecule has 2 aromatic carbocycles. The summed E-state index contributed by atoms with van der Waals surface area (Å²) in [6.07, 6.45) is 0. The van der Waals surface area contributed by atoms with Gasteiger partial charge in [-0.1, -0.05) is 29.8 Å². The molecular weight excluding hydrogens is 272 g/mol. The van der Waals surface area contributed by atoms with Gasteiger partial charge in [-0.25, -0.2) is 0 Å². The van der Waals surface area contributed by atoms with Crippen LogP contribution >= 0.6 is 0 Å². The van der Waals surface area contributed by atoms with Crippen molar-refractivity contribution < 1.29 is 9.47 Å². The predicted molar refractivity (Wildman–Crippen MR) is 88.0 cm³/mol. The lowest BCUT2D eigenvalue weighted by molar-refractivity contribution is 0.395. The lowest BCUT2D eigenvalue weighted by Crippen LogP contribution is -2.06. The Labute approximate surface area is 131 Å². The quantitative estimate of drug-likeness (QED) is 0.751. The molecule has 112 valence electrons. The first-order valence-electron chi connectivity index (χ1n) is 7.69. The Morgan fingerprint density at radius 1 is 0.773 bits per heavy atom. The SMILES string of the molecule is COc1ccc(OC)c2c1C1C(=C(C)C)C2c2ccccc21. The molecule has 0 aliphatic heterocycles. The van der Waals surface area contributed by atoms with Gasteiger partial charge in [-0.2, -0.15) is 0 Å². The van der Waals surface area contributed by atoms with Gasteiger partial charge in [0.2, 0.25) is 0 Å². The average molecular weight is 292 g/mol. The van der Waals surface area contributed by atoms with E-state index in [1.165, 1.54) is 33.4 Å². The van der Waals surface area contributed by atoms with Crippen LogP contribution in [0, 0.1) is 0 Å². The summed E-state index contributed by atoms with van der Waals surface area (Å²) in [6.45, 7) is 4.43. The average Bonchev–Trinajstić information content (AvgIpc) is 3.06. The third kappa shape index (κ3) is 1.50. The number of benzene rings is 2. The maximum atomic E-state index is 5.67. The maximum Gasteiger partial charge on any atom is 0.123 e. The Hall–Kier alpha value is -2.22. The van der Waals surface area contributed by atoms with Crippen LogP contribution in [0.1, 0.15) is 47.9 Å². The molecule has 2 atom stereocenters. The van der Waals surface area contributed by atoms with Crippen LogP contribution in [0.15, 0.2) is 47.5 Å². The van der Waals surface area contributed by atoms with Gasteiger partial charge in [0.1, 0.15) is 11.5 Å². The van der Waals surface area contributed by atoms with Crippen molar-refractivity contribution in [2.75, 3.05) is 14.2 Å². The molecule has 2 bridgehead atoms. The number of allylic oxidation sites excluding steroid dienone is 2. The molecule has 0 radical (unpaired) electrons. The molecule has 0 spiro atoms. The molecule has 0 saturated carbocycles. The molecule has 2 aliphatic rings. The molecule has 0 amide bonds. The van der Waals surface area contributed by atoms with E-state index in [9.17, 15) is 0 Å². The van der Waals surface area contributed by atoms with Crippen LogP contribution in [0.3, 0.4) is 0 Å². The van der Waals surface area contributed by atoms with Crippen molar-refractivity contribution in [1.29, 1.82) is 0 Å². The smallest absolute Gasteiger partial charge is 0.123 e. The van der Waals surface area contributed by atoms with Crippen LogP contribution in [0.5, 0.6) is 11.5 Å². The van der Waals surface area contributed by atoms with Crippen LogP contribution < -0.4 is 9.47 Å². The molecule has 2 unspecified atom stereocenters. The number of methoxy groups -OCH3 is 2. The van der Waals surface area contributed by atoms with E-state index in [2.05, 4.69) is 38.1 Å². The molecule has 0 fully saturated rings. The fourth-order valence-electron chi connectivity index (χ4n) is 4.29. The number of ether oxygens (including phenoxy) is 2. The topological polar surface area (TPSA) is 18.5 Å². The van der Waals surface area contributed by atoms with Crippen molar-refractivity contribution >= 4 is 0 Å². The minimum absolute atomic E-state index is 0.311. The Morgan fingerprint density at radius 3 is 1.59 bits per heavy atom. The first-order valence-corrected chi connectivity index (χ1v) is 7.69. The van der Waals surface area contributed by atoms with E-state index in [0.717, 1.165) is 11.5 Å². The summed E-state index contributed by atoms with van der Waals surface area (Å²) >= 11 is 0. The molecule has 4 rings (SSSR count). The number of fused-ring (bicyclic) bond motifs is 8. The number of hydrogen-bond donors (Lipinski definition) is 0. The van der Waals surface area contributed by atoms with Crippen molar-refractivity contribution in [2.24, 2.45) is 0 Å². The van der Waals surface area contributed by atoms with Gasteiger partial charge in [0.25, 0.3) is 0 Å². The minimum atomic E-state index is 0.311. The standard InChI is InChI=1S/C20H20O2/c1-11(2)16-17-12-7-5-6-8-13(12)18(16)20-15(22-4)10-9-14(21-3)19(17)20/h5-10,17-18H,1-4H3.